The van der Waals surface area contributed by atoms with Crippen LogP contribution in [0.4, 0.5) is 0 Å². The van der Waals surface area contributed by atoms with Gasteiger partial charge in [0.25, 0.3) is 0 Å². The van der Waals surface area contributed by atoms with Gasteiger partial charge in [-0.15, -0.1) is 0 Å². The highest BCUT2D eigenvalue weighted by molar-refractivity contribution is 5.15. The van der Waals surface area contributed by atoms with Crippen LogP contribution in [0.25, 0.3) is 0 Å². The summed E-state index contributed by atoms with van der Waals surface area (Å²) in [6, 6.07) is 11.1. The molecule has 1 saturated heterocycles. The number of hydrogen-bond acceptors (Lipinski definition) is 2. The fraction of sp³-hybridized carbons (Fsp3) is 0.438. The summed E-state index contributed by atoms with van der Waals surface area (Å²) < 4.78 is 2.30. The van der Waals surface area contributed by atoms with E-state index in [1.165, 1.54) is 30.5 Å². The molecule has 1 atom stereocenters. The number of rotatable bonds is 4. The van der Waals surface area contributed by atoms with Crippen LogP contribution in [0, 0.1) is 0 Å². The lowest BCUT2D eigenvalue weighted by atomic mass is 10.0. The third-order valence-corrected chi connectivity index (χ3v) is 3.90. The molecule has 1 N–H and O–H groups in total. The fourth-order valence-corrected chi connectivity index (χ4v) is 2.81. The highest BCUT2D eigenvalue weighted by Gasteiger charge is 2.17. The van der Waals surface area contributed by atoms with Gasteiger partial charge in [-0.25, -0.2) is 4.98 Å². The molecule has 100 valence electrons. The Morgan fingerprint density at radius 2 is 2.11 bits per heavy atom. The molecule has 1 aromatic heterocycles. The van der Waals surface area contributed by atoms with Gasteiger partial charge in [-0.1, -0.05) is 36.8 Å². The van der Waals surface area contributed by atoms with Crippen LogP contribution >= 0.6 is 0 Å². The maximum absolute atomic E-state index is 4.33. The first-order valence-corrected chi connectivity index (χ1v) is 7.21. The normalized spacial score (nSPS) is 19.5. The third kappa shape index (κ3) is 3.04. The molecule has 1 aliphatic heterocycles. The van der Waals surface area contributed by atoms with Gasteiger partial charge in [0.05, 0.1) is 12.0 Å². The summed E-state index contributed by atoms with van der Waals surface area (Å²) in [5.41, 5.74) is 2.73. The summed E-state index contributed by atoms with van der Waals surface area (Å²) in [6.07, 6.45) is 8.91. The molecule has 2 heterocycles. The Morgan fingerprint density at radius 1 is 1.21 bits per heavy atom. The zero-order valence-corrected chi connectivity index (χ0v) is 11.3. The molecule has 1 aromatic carbocycles. The number of hydrogen-bond donors (Lipinski definition) is 1. The number of nitrogens with one attached hydrogen (secondary N) is 1. The predicted molar refractivity (Wildman–Crippen MR) is 77.0 cm³/mol. The lowest BCUT2D eigenvalue weighted by molar-refractivity contribution is 0.393. The van der Waals surface area contributed by atoms with E-state index in [0.717, 1.165) is 19.5 Å². The molecule has 1 unspecified atom stereocenters. The minimum Gasteiger partial charge on any atom is -0.333 e. The number of nitrogens with zero attached hydrogens (tertiary/aromatic N) is 2. The minimum atomic E-state index is 0.493. The second-order valence-electron chi connectivity index (χ2n) is 5.25. The van der Waals surface area contributed by atoms with Gasteiger partial charge in [0, 0.05) is 18.8 Å². The number of imidazole rings is 1. The van der Waals surface area contributed by atoms with Crippen molar-refractivity contribution in [2.24, 2.45) is 0 Å². The zero-order valence-electron chi connectivity index (χ0n) is 11.3. The molecular weight excluding hydrogens is 234 g/mol. The monoisotopic (exact) mass is 255 g/mol. The first-order valence-electron chi connectivity index (χ1n) is 7.21. The zero-order chi connectivity index (χ0) is 12.9. The van der Waals surface area contributed by atoms with Gasteiger partial charge < -0.3 is 9.88 Å². The van der Waals surface area contributed by atoms with Crippen LogP contribution in [-0.4, -0.2) is 16.1 Å². The summed E-state index contributed by atoms with van der Waals surface area (Å²) in [5, 5.41) is 3.60. The van der Waals surface area contributed by atoms with Crippen molar-refractivity contribution >= 4 is 0 Å². The Balaban J connectivity index is 1.66. The maximum Gasteiger partial charge on any atom is 0.0948 e. The van der Waals surface area contributed by atoms with E-state index in [9.17, 15) is 0 Å². The number of aryl methyl sites for hydroxylation is 2. The molecule has 1 aliphatic rings. The molecule has 0 saturated carbocycles. The van der Waals surface area contributed by atoms with E-state index in [4.69, 9.17) is 0 Å². The number of benzene rings is 1. The second kappa shape index (κ2) is 6.02. The molecule has 0 spiro atoms. The van der Waals surface area contributed by atoms with E-state index in [1.807, 2.05) is 12.5 Å². The largest absolute Gasteiger partial charge is 0.333 e. The average molecular weight is 255 g/mol. The van der Waals surface area contributed by atoms with E-state index in [0.29, 0.717) is 6.04 Å². The summed E-state index contributed by atoms with van der Waals surface area (Å²) in [4.78, 5) is 4.33. The van der Waals surface area contributed by atoms with Gasteiger partial charge >= 0.3 is 0 Å². The summed E-state index contributed by atoms with van der Waals surface area (Å²) >= 11 is 0. The standard InChI is InChI=1S/C16H21N3/c1-2-6-14(7-3-1)9-11-19-13-17-12-16(19)15-8-4-5-10-18-15/h1-3,6-7,12-13,15,18H,4-5,8-11H2. The lowest BCUT2D eigenvalue weighted by Gasteiger charge is -2.24. The lowest BCUT2D eigenvalue weighted by Crippen LogP contribution is -2.28. The Hall–Kier alpha value is -1.61. The van der Waals surface area contributed by atoms with Crippen LogP contribution in [-0.2, 0) is 13.0 Å². The van der Waals surface area contributed by atoms with Crippen LogP contribution in [0.2, 0.25) is 0 Å². The summed E-state index contributed by atoms with van der Waals surface area (Å²) in [5.74, 6) is 0. The van der Waals surface area contributed by atoms with E-state index in [-0.39, 0.29) is 0 Å². The maximum atomic E-state index is 4.33. The molecule has 3 nitrogen and oxygen atoms in total. The van der Waals surface area contributed by atoms with Crippen molar-refractivity contribution in [2.45, 2.75) is 38.3 Å². The fourth-order valence-electron chi connectivity index (χ4n) is 2.81. The molecule has 1 fully saturated rings. The van der Waals surface area contributed by atoms with Gasteiger partial charge in [0.1, 0.15) is 0 Å². The van der Waals surface area contributed by atoms with Gasteiger partial charge in [-0.2, -0.15) is 0 Å². The van der Waals surface area contributed by atoms with Gasteiger partial charge in [-0.3, -0.25) is 0 Å². The van der Waals surface area contributed by atoms with Crippen LogP contribution in [0.5, 0.6) is 0 Å². The summed E-state index contributed by atoms with van der Waals surface area (Å²) in [7, 11) is 0. The molecule has 19 heavy (non-hydrogen) atoms. The number of aromatic nitrogens is 2. The topological polar surface area (TPSA) is 29.9 Å². The third-order valence-electron chi connectivity index (χ3n) is 3.90. The molecule has 0 aliphatic carbocycles. The predicted octanol–water partition coefficient (Wildman–Crippen LogP) is 2.94. The van der Waals surface area contributed by atoms with Gasteiger partial charge in [0.15, 0.2) is 0 Å². The smallest absolute Gasteiger partial charge is 0.0948 e. The number of piperidine rings is 1. The van der Waals surface area contributed by atoms with Crippen molar-refractivity contribution in [3.8, 4) is 0 Å². The highest BCUT2D eigenvalue weighted by Crippen LogP contribution is 2.22. The van der Waals surface area contributed by atoms with E-state index >= 15 is 0 Å². The Labute approximate surface area is 114 Å². The van der Waals surface area contributed by atoms with E-state index < -0.39 is 0 Å². The van der Waals surface area contributed by atoms with Crippen molar-refractivity contribution in [3.05, 3.63) is 54.1 Å². The molecule has 0 bridgehead atoms. The van der Waals surface area contributed by atoms with Crippen LogP contribution in [0.15, 0.2) is 42.9 Å². The van der Waals surface area contributed by atoms with Crippen molar-refractivity contribution in [3.63, 3.8) is 0 Å². The quantitative estimate of drug-likeness (QED) is 0.910. The molecule has 0 radical (unpaired) electrons. The molecule has 3 heteroatoms. The Morgan fingerprint density at radius 3 is 2.89 bits per heavy atom. The van der Waals surface area contributed by atoms with Crippen LogP contribution in [0.3, 0.4) is 0 Å². The van der Waals surface area contributed by atoms with Crippen LogP contribution in [0.1, 0.15) is 36.6 Å². The van der Waals surface area contributed by atoms with Crippen molar-refractivity contribution in [2.75, 3.05) is 6.54 Å². The highest BCUT2D eigenvalue weighted by atomic mass is 15.1. The van der Waals surface area contributed by atoms with Crippen molar-refractivity contribution < 1.29 is 0 Å². The van der Waals surface area contributed by atoms with E-state index in [1.54, 1.807) is 0 Å². The molecule has 3 rings (SSSR count). The van der Waals surface area contributed by atoms with E-state index in [2.05, 4.69) is 45.2 Å². The Kier molecular flexibility index (Phi) is 3.94. The van der Waals surface area contributed by atoms with Gasteiger partial charge in [-0.05, 0) is 31.4 Å². The Bertz CT molecular complexity index is 498. The molecule has 2 aromatic rings. The average Bonchev–Trinajstić information content (AvgIpc) is 2.95. The van der Waals surface area contributed by atoms with Crippen LogP contribution < -0.4 is 5.32 Å². The van der Waals surface area contributed by atoms with Crippen molar-refractivity contribution in [1.29, 1.82) is 0 Å². The minimum absolute atomic E-state index is 0.493. The molecule has 0 amide bonds. The first kappa shape index (κ1) is 12.4. The van der Waals surface area contributed by atoms with Gasteiger partial charge in [0.2, 0.25) is 0 Å². The molecular formula is C16H21N3. The second-order valence-corrected chi connectivity index (χ2v) is 5.25. The van der Waals surface area contributed by atoms with Crippen molar-refractivity contribution in [1.82, 2.24) is 14.9 Å². The summed E-state index contributed by atoms with van der Waals surface area (Å²) in [6.45, 7) is 2.14. The SMILES string of the molecule is c1ccc(CCn2cncc2C2CCCCN2)cc1. The first-order chi connectivity index (χ1) is 9.43.